The summed E-state index contributed by atoms with van der Waals surface area (Å²) >= 11 is 0. The van der Waals surface area contributed by atoms with Gasteiger partial charge in [0.2, 0.25) is 0 Å². The number of benzene rings is 1. The number of hydrogen-bond acceptors (Lipinski definition) is 4. The van der Waals surface area contributed by atoms with E-state index in [0.29, 0.717) is 30.1 Å². The molecule has 0 radical (unpaired) electrons. The summed E-state index contributed by atoms with van der Waals surface area (Å²) in [5.41, 5.74) is 1.85. The molecule has 0 aliphatic heterocycles. The van der Waals surface area contributed by atoms with Crippen LogP contribution in [0.2, 0.25) is 0 Å². The highest BCUT2D eigenvalue weighted by Crippen LogP contribution is 2.16. The van der Waals surface area contributed by atoms with Gasteiger partial charge in [-0.1, -0.05) is 43.7 Å². The molecule has 0 aliphatic carbocycles. The normalized spacial score (nSPS) is 10.3. The topological polar surface area (TPSA) is 86.9 Å². The van der Waals surface area contributed by atoms with E-state index in [1.54, 1.807) is 0 Å². The molecule has 21 heavy (non-hydrogen) atoms. The second-order valence-electron chi connectivity index (χ2n) is 4.77. The zero-order valence-corrected chi connectivity index (χ0v) is 11.8. The predicted octanol–water partition coefficient (Wildman–Crippen LogP) is 3.20. The summed E-state index contributed by atoms with van der Waals surface area (Å²) in [5.74, 6) is -0.701. The fourth-order valence-corrected chi connectivity index (χ4v) is 2.02. The Kier molecular flexibility index (Phi) is 4.77. The minimum Gasteiger partial charge on any atom is -0.477 e. The van der Waals surface area contributed by atoms with Crippen molar-refractivity contribution in [3.63, 3.8) is 0 Å². The number of carboxylic acids is 1. The van der Waals surface area contributed by atoms with Crippen molar-refractivity contribution in [1.29, 1.82) is 5.41 Å². The van der Waals surface area contributed by atoms with Crippen molar-refractivity contribution >= 4 is 11.7 Å². The van der Waals surface area contributed by atoms with Crippen LogP contribution >= 0.6 is 0 Å². The third-order valence-corrected chi connectivity index (χ3v) is 2.98. The molecule has 0 aliphatic rings. The molecule has 5 heteroatoms. The van der Waals surface area contributed by atoms with Crippen LogP contribution in [0, 0.1) is 5.41 Å². The lowest BCUT2D eigenvalue weighted by Gasteiger charge is -2.07. The number of carbonyl (C=O) groups is 1. The van der Waals surface area contributed by atoms with E-state index >= 15 is 0 Å². The lowest BCUT2D eigenvalue weighted by atomic mass is 10.1. The molecule has 0 saturated heterocycles. The average Bonchev–Trinajstić information content (AvgIpc) is 2.48. The van der Waals surface area contributed by atoms with Crippen LogP contribution in [0.4, 0.5) is 0 Å². The van der Waals surface area contributed by atoms with Crippen LogP contribution in [-0.2, 0) is 6.42 Å². The summed E-state index contributed by atoms with van der Waals surface area (Å²) in [5, 5.41) is 17.0. The first-order valence-corrected chi connectivity index (χ1v) is 6.83. The highest BCUT2D eigenvalue weighted by atomic mass is 16.4. The van der Waals surface area contributed by atoms with Crippen LogP contribution in [-0.4, -0.2) is 26.8 Å². The molecule has 1 aromatic carbocycles. The van der Waals surface area contributed by atoms with Gasteiger partial charge in [-0.3, -0.25) is 0 Å². The lowest BCUT2D eigenvalue weighted by molar-refractivity contribution is 0.0690. The highest BCUT2D eigenvalue weighted by Gasteiger charge is 2.12. The van der Waals surface area contributed by atoms with Crippen LogP contribution in [0.5, 0.6) is 0 Å². The molecule has 5 nitrogen and oxygen atoms in total. The predicted molar refractivity (Wildman–Crippen MR) is 80.8 cm³/mol. The number of nitrogens with one attached hydrogen (secondary N) is 1. The number of rotatable bonds is 6. The van der Waals surface area contributed by atoms with Gasteiger partial charge in [-0.2, -0.15) is 0 Å². The largest absolute Gasteiger partial charge is 0.477 e. The fraction of sp³-hybridized carbons (Fsp3) is 0.250. The third-order valence-electron chi connectivity index (χ3n) is 2.98. The summed E-state index contributed by atoms with van der Waals surface area (Å²) in [6.07, 6.45) is 1.94. The van der Waals surface area contributed by atoms with Crippen molar-refractivity contribution in [2.75, 3.05) is 0 Å². The molecule has 0 saturated carbocycles. The Hall–Kier alpha value is -2.56. The summed E-state index contributed by atoms with van der Waals surface area (Å²) in [4.78, 5) is 19.7. The molecule has 108 valence electrons. The first-order valence-electron chi connectivity index (χ1n) is 6.83. The Morgan fingerprint density at radius 3 is 2.57 bits per heavy atom. The Balaban J connectivity index is 2.39. The summed E-state index contributed by atoms with van der Waals surface area (Å²) in [6.45, 7) is 2.01. The molecule has 0 bridgehead atoms. The second kappa shape index (κ2) is 6.74. The average molecular weight is 283 g/mol. The molecular weight excluding hydrogens is 266 g/mol. The maximum atomic E-state index is 11.2. The van der Waals surface area contributed by atoms with E-state index in [4.69, 9.17) is 5.41 Å². The Morgan fingerprint density at radius 1 is 1.24 bits per heavy atom. The van der Waals surface area contributed by atoms with Crippen LogP contribution in [0.1, 0.15) is 35.9 Å². The minimum absolute atomic E-state index is 0.0387. The Morgan fingerprint density at radius 2 is 1.95 bits per heavy atom. The van der Waals surface area contributed by atoms with Gasteiger partial charge < -0.3 is 10.5 Å². The van der Waals surface area contributed by atoms with Crippen molar-refractivity contribution < 1.29 is 9.90 Å². The first-order chi connectivity index (χ1) is 10.1. The van der Waals surface area contributed by atoms with Crippen molar-refractivity contribution in [1.82, 2.24) is 9.97 Å². The van der Waals surface area contributed by atoms with Gasteiger partial charge in [-0.15, -0.1) is 0 Å². The molecule has 0 fully saturated rings. The lowest BCUT2D eigenvalue weighted by Crippen LogP contribution is -2.09. The van der Waals surface area contributed by atoms with E-state index < -0.39 is 5.97 Å². The molecule has 0 spiro atoms. The zero-order valence-electron chi connectivity index (χ0n) is 11.8. The first kappa shape index (κ1) is 14.8. The molecular formula is C16H17N3O2. The molecule has 2 aromatic rings. The maximum absolute atomic E-state index is 11.2. The van der Waals surface area contributed by atoms with E-state index in [9.17, 15) is 9.90 Å². The highest BCUT2D eigenvalue weighted by molar-refractivity contribution is 5.87. The standard InChI is InChI=1S/C16H17N3O2/c1-2-6-12(17)9-13-10-14(16(20)21)19-15(18-13)11-7-4-3-5-8-11/h3-5,7-8,10,17H,2,6,9H2,1H3,(H,20,21). The van der Waals surface area contributed by atoms with Gasteiger partial charge >= 0.3 is 5.97 Å². The summed E-state index contributed by atoms with van der Waals surface area (Å²) < 4.78 is 0. The molecule has 0 atom stereocenters. The van der Waals surface area contributed by atoms with Gasteiger partial charge in [0.25, 0.3) is 0 Å². The van der Waals surface area contributed by atoms with E-state index in [1.807, 2.05) is 37.3 Å². The number of aromatic nitrogens is 2. The van der Waals surface area contributed by atoms with E-state index in [0.717, 1.165) is 12.0 Å². The second-order valence-corrected chi connectivity index (χ2v) is 4.77. The quantitative estimate of drug-likeness (QED) is 0.797. The Bertz CT molecular complexity index is 654. The van der Waals surface area contributed by atoms with Crippen molar-refractivity contribution in [2.24, 2.45) is 0 Å². The molecule has 0 amide bonds. The van der Waals surface area contributed by atoms with E-state index in [1.165, 1.54) is 6.07 Å². The van der Waals surface area contributed by atoms with Gasteiger partial charge in [0, 0.05) is 17.7 Å². The number of aromatic carboxylic acids is 1. The van der Waals surface area contributed by atoms with Crippen molar-refractivity contribution in [3.05, 3.63) is 47.8 Å². The van der Waals surface area contributed by atoms with Crippen LogP contribution in [0.3, 0.4) is 0 Å². The van der Waals surface area contributed by atoms with Gasteiger partial charge in [0.15, 0.2) is 11.5 Å². The molecule has 0 unspecified atom stereocenters. The van der Waals surface area contributed by atoms with E-state index in [-0.39, 0.29) is 5.69 Å². The number of hydrogen-bond donors (Lipinski definition) is 2. The molecule has 2 rings (SSSR count). The van der Waals surface area contributed by atoms with Crippen LogP contribution in [0.15, 0.2) is 36.4 Å². The third kappa shape index (κ3) is 3.95. The number of carboxylic acid groups (broad SMARTS) is 1. The molecule has 1 aromatic heterocycles. The maximum Gasteiger partial charge on any atom is 0.354 e. The molecule has 2 N–H and O–H groups in total. The van der Waals surface area contributed by atoms with Crippen LogP contribution in [0.25, 0.3) is 11.4 Å². The van der Waals surface area contributed by atoms with Gasteiger partial charge in [0.05, 0.1) is 5.69 Å². The Labute approximate surface area is 123 Å². The summed E-state index contributed by atoms with van der Waals surface area (Å²) in [7, 11) is 0. The summed E-state index contributed by atoms with van der Waals surface area (Å²) in [6, 6.07) is 10.7. The minimum atomic E-state index is -1.09. The van der Waals surface area contributed by atoms with Gasteiger partial charge in [-0.05, 0) is 12.5 Å². The smallest absolute Gasteiger partial charge is 0.354 e. The molecule has 1 heterocycles. The SMILES string of the molecule is CCCC(=N)Cc1cc(C(=O)O)nc(-c2ccccc2)n1. The van der Waals surface area contributed by atoms with E-state index in [2.05, 4.69) is 9.97 Å². The van der Waals surface area contributed by atoms with Crippen LogP contribution < -0.4 is 0 Å². The number of nitrogens with zero attached hydrogens (tertiary/aromatic N) is 2. The van der Waals surface area contributed by atoms with Crippen molar-refractivity contribution in [2.45, 2.75) is 26.2 Å². The fourth-order valence-electron chi connectivity index (χ4n) is 2.02. The van der Waals surface area contributed by atoms with Gasteiger partial charge in [-0.25, -0.2) is 14.8 Å². The van der Waals surface area contributed by atoms with Crippen molar-refractivity contribution in [3.8, 4) is 11.4 Å². The monoisotopic (exact) mass is 283 g/mol. The van der Waals surface area contributed by atoms with Gasteiger partial charge in [0.1, 0.15) is 0 Å². The zero-order chi connectivity index (χ0) is 15.2.